The van der Waals surface area contributed by atoms with Crippen molar-refractivity contribution < 1.29 is 9.59 Å². The maximum absolute atomic E-state index is 12.3. The summed E-state index contributed by atoms with van der Waals surface area (Å²) >= 11 is 5.64. The van der Waals surface area contributed by atoms with Crippen LogP contribution in [0.25, 0.3) is 0 Å². The number of nitrogens with zero attached hydrogens (tertiary/aromatic N) is 1. The molecule has 3 nitrogen and oxygen atoms in total. The number of aryl methyl sites for hydroxylation is 1. The van der Waals surface area contributed by atoms with Gasteiger partial charge in [-0.15, -0.1) is 11.6 Å². The van der Waals surface area contributed by atoms with Crippen LogP contribution >= 0.6 is 11.6 Å². The second-order valence-corrected chi connectivity index (χ2v) is 5.01. The fraction of sp³-hybridized carbons (Fsp3) is 0.176. The number of carbonyl (C=O) groups excluding carboxylic acids is 2. The van der Waals surface area contributed by atoms with Crippen LogP contribution in [0.15, 0.2) is 54.6 Å². The number of ketones is 1. The largest absolute Gasteiger partial charge is 0.304 e. The molecule has 0 atom stereocenters. The Morgan fingerprint density at radius 1 is 1.00 bits per heavy atom. The lowest BCUT2D eigenvalue weighted by Gasteiger charge is -2.21. The quantitative estimate of drug-likeness (QED) is 0.626. The molecule has 0 radical (unpaired) electrons. The molecule has 0 N–H and O–H groups in total. The predicted molar refractivity (Wildman–Crippen MR) is 85.0 cm³/mol. The first-order valence-corrected chi connectivity index (χ1v) is 7.16. The van der Waals surface area contributed by atoms with Gasteiger partial charge in [-0.1, -0.05) is 48.0 Å². The average Bonchev–Trinajstić information content (AvgIpc) is 2.53. The molecule has 1 amide bonds. The normalized spacial score (nSPS) is 10.2. The highest BCUT2D eigenvalue weighted by Crippen LogP contribution is 2.15. The molecule has 0 saturated heterocycles. The van der Waals surface area contributed by atoms with Crippen molar-refractivity contribution >= 4 is 29.0 Å². The van der Waals surface area contributed by atoms with Crippen molar-refractivity contribution in [3.8, 4) is 0 Å². The van der Waals surface area contributed by atoms with Crippen LogP contribution in [-0.2, 0) is 4.79 Å². The van der Waals surface area contributed by atoms with Crippen molar-refractivity contribution in [3.05, 3.63) is 65.7 Å². The number of rotatable bonds is 5. The summed E-state index contributed by atoms with van der Waals surface area (Å²) in [7, 11) is 0. The third-order valence-corrected chi connectivity index (χ3v) is 3.39. The Bertz CT molecular complexity index is 623. The van der Waals surface area contributed by atoms with Gasteiger partial charge in [0.15, 0.2) is 5.78 Å². The fourth-order valence-electron chi connectivity index (χ4n) is 1.98. The third kappa shape index (κ3) is 3.92. The monoisotopic (exact) mass is 301 g/mol. The molecule has 0 bridgehead atoms. The standard InChI is InChI=1S/C17H16ClNO2/c1-13-7-9-14(10-8-13)16(20)12-19(17(21)11-18)15-5-3-2-4-6-15/h2-10H,11-12H2,1H3. The molecule has 2 rings (SSSR count). The van der Waals surface area contributed by atoms with Crippen molar-refractivity contribution in [2.45, 2.75) is 6.92 Å². The molecule has 0 fully saturated rings. The van der Waals surface area contributed by atoms with Crippen molar-refractivity contribution in [1.29, 1.82) is 0 Å². The van der Waals surface area contributed by atoms with Crippen molar-refractivity contribution in [2.24, 2.45) is 0 Å². The maximum atomic E-state index is 12.3. The van der Waals surface area contributed by atoms with Gasteiger partial charge in [-0.25, -0.2) is 0 Å². The number of para-hydroxylation sites is 1. The van der Waals surface area contributed by atoms with E-state index in [1.807, 2.05) is 37.3 Å². The Hall–Kier alpha value is -2.13. The number of alkyl halides is 1. The van der Waals surface area contributed by atoms with Crippen LogP contribution in [0.2, 0.25) is 0 Å². The summed E-state index contributed by atoms with van der Waals surface area (Å²) in [6.07, 6.45) is 0. The molecule has 2 aromatic carbocycles. The minimum absolute atomic E-state index is 0.0153. The number of benzene rings is 2. The number of anilines is 1. The zero-order chi connectivity index (χ0) is 15.2. The average molecular weight is 302 g/mol. The highest BCUT2D eigenvalue weighted by Gasteiger charge is 2.18. The fourth-order valence-corrected chi connectivity index (χ4v) is 2.12. The first-order valence-electron chi connectivity index (χ1n) is 6.63. The third-order valence-electron chi connectivity index (χ3n) is 3.16. The second kappa shape index (κ2) is 7.04. The molecular formula is C17H16ClNO2. The summed E-state index contributed by atoms with van der Waals surface area (Å²) in [6, 6.07) is 16.4. The van der Waals surface area contributed by atoms with Crippen LogP contribution in [0.4, 0.5) is 5.69 Å². The van der Waals surface area contributed by atoms with Gasteiger partial charge in [-0.2, -0.15) is 0 Å². The van der Waals surface area contributed by atoms with E-state index >= 15 is 0 Å². The summed E-state index contributed by atoms with van der Waals surface area (Å²) in [4.78, 5) is 25.7. The van der Waals surface area contributed by atoms with Crippen molar-refractivity contribution in [3.63, 3.8) is 0 Å². The summed E-state index contributed by atoms with van der Waals surface area (Å²) in [5.74, 6) is -0.559. The predicted octanol–water partition coefficient (Wildman–Crippen LogP) is 3.45. The van der Waals surface area contributed by atoms with E-state index in [-0.39, 0.29) is 24.1 Å². The molecule has 0 saturated carbocycles. The zero-order valence-corrected chi connectivity index (χ0v) is 12.5. The van der Waals surface area contributed by atoms with Crippen LogP contribution in [-0.4, -0.2) is 24.1 Å². The van der Waals surface area contributed by atoms with Crippen LogP contribution in [0.3, 0.4) is 0 Å². The Kier molecular flexibility index (Phi) is 5.12. The van der Waals surface area contributed by atoms with Gasteiger partial charge in [0.25, 0.3) is 0 Å². The number of hydrogen-bond acceptors (Lipinski definition) is 2. The smallest absolute Gasteiger partial charge is 0.242 e. The van der Waals surface area contributed by atoms with Gasteiger partial charge >= 0.3 is 0 Å². The van der Waals surface area contributed by atoms with Gasteiger partial charge in [0, 0.05) is 11.3 Å². The second-order valence-electron chi connectivity index (χ2n) is 4.74. The van der Waals surface area contributed by atoms with Gasteiger partial charge in [-0.05, 0) is 19.1 Å². The molecule has 0 spiro atoms. The molecule has 21 heavy (non-hydrogen) atoms. The Balaban J connectivity index is 2.21. The van der Waals surface area contributed by atoms with E-state index in [0.29, 0.717) is 11.3 Å². The number of Topliss-reactive ketones (excluding diaryl/α,β-unsaturated/α-hetero) is 1. The Morgan fingerprint density at radius 3 is 2.19 bits per heavy atom. The molecule has 0 aliphatic carbocycles. The van der Waals surface area contributed by atoms with Gasteiger partial charge in [-0.3, -0.25) is 9.59 Å². The summed E-state index contributed by atoms with van der Waals surface area (Å²) in [6.45, 7) is 1.94. The van der Waals surface area contributed by atoms with E-state index in [0.717, 1.165) is 5.56 Å². The van der Waals surface area contributed by atoms with Crippen molar-refractivity contribution in [2.75, 3.05) is 17.3 Å². The van der Waals surface area contributed by atoms with Gasteiger partial charge in [0.2, 0.25) is 5.91 Å². The topological polar surface area (TPSA) is 37.4 Å². The molecule has 0 aliphatic heterocycles. The lowest BCUT2D eigenvalue weighted by atomic mass is 10.1. The summed E-state index contributed by atoms with van der Waals surface area (Å²) in [5.41, 5.74) is 2.34. The SMILES string of the molecule is Cc1ccc(C(=O)CN(C(=O)CCl)c2ccccc2)cc1. The minimum Gasteiger partial charge on any atom is -0.304 e. The summed E-state index contributed by atoms with van der Waals surface area (Å²) < 4.78 is 0. The highest BCUT2D eigenvalue weighted by atomic mass is 35.5. The van der Waals surface area contributed by atoms with Crippen LogP contribution < -0.4 is 4.90 Å². The van der Waals surface area contributed by atoms with Gasteiger partial charge < -0.3 is 4.90 Å². The molecule has 4 heteroatoms. The molecule has 0 unspecified atom stereocenters. The van der Waals surface area contributed by atoms with E-state index in [4.69, 9.17) is 11.6 Å². The number of amides is 1. The van der Waals surface area contributed by atoms with Gasteiger partial charge in [0.1, 0.15) is 5.88 Å². The van der Waals surface area contributed by atoms with Gasteiger partial charge in [0.05, 0.1) is 6.54 Å². The Morgan fingerprint density at radius 2 is 1.62 bits per heavy atom. The van der Waals surface area contributed by atoms with E-state index in [2.05, 4.69) is 0 Å². The minimum atomic E-state index is -0.289. The van der Waals surface area contributed by atoms with E-state index in [9.17, 15) is 9.59 Å². The lowest BCUT2D eigenvalue weighted by Crippen LogP contribution is -2.36. The first kappa shape index (κ1) is 15.3. The lowest BCUT2D eigenvalue weighted by molar-refractivity contribution is -0.116. The van der Waals surface area contributed by atoms with Crippen LogP contribution in [0, 0.1) is 6.92 Å². The Labute approximate surface area is 129 Å². The molecule has 0 heterocycles. The van der Waals surface area contributed by atoms with Crippen molar-refractivity contribution in [1.82, 2.24) is 0 Å². The number of carbonyl (C=O) groups is 2. The van der Waals surface area contributed by atoms with E-state index in [1.54, 1.807) is 24.3 Å². The first-order chi connectivity index (χ1) is 10.1. The number of hydrogen-bond donors (Lipinski definition) is 0. The molecule has 108 valence electrons. The molecule has 0 aromatic heterocycles. The number of halogens is 1. The molecule has 0 aliphatic rings. The van der Waals surface area contributed by atoms with E-state index in [1.165, 1.54) is 4.90 Å². The molecular weight excluding hydrogens is 286 g/mol. The maximum Gasteiger partial charge on any atom is 0.242 e. The van der Waals surface area contributed by atoms with E-state index < -0.39 is 0 Å². The zero-order valence-electron chi connectivity index (χ0n) is 11.8. The summed E-state index contributed by atoms with van der Waals surface area (Å²) in [5, 5.41) is 0. The highest BCUT2D eigenvalue weighted by molar-refractivity contribution is 6.29. The van der Waals surface area contributed by atoms with Crippen LogP contribution in [0.1, 0.15) is 15.9 Å². The van der Waals surface area contributed by atoms with Crippen LogP contribution in [0.5, 0.6) is 0 Å². The molecule has 2 aromatic rings.